The second-order valence-corrected chi connectivity index (χ2v) is 2.56. The lowest BCUT2D eigenvalue weighted by Crippen LogP contribution is -2.43. The Hall–Kier alpha value is -0.660. The van der Waals surface area contributed by atoms with E-state index in [4.69, 9.17) is 11.0 Å². The van der Waals surface area contributed by atoms with Crippen LogP contribution in [0.3, 0.4) is 0 Å². The highest BCUT2D eigenvalue weighted by Crippen LogP contribution is 2.21. The first-order valence-corrected chi connectivity index (χ1v) is 2.95. The van der Waals surface area contributed by atoms with Crippen LogP contribution in [0.5, 0.6) is 0 Å². The largest absolute Gasteiger partial charge is 0.353 e. The van der Waals surface area contributed by atoms with Crippen molar-refractivity contribution >= 4 is 11.8 Å². The number of nitriles is 1. The van der Waals surface area contributed by atoms with Crippen LogP contribution in [-0.2, 0) is 0 Å². The van der Waals surface area contributed by atoms with Crippen LogP contribution in [0.25, 0.3) is 0 Å². The molecule has 1 aliphatic heterocycles. The van der Waals surface area contributed by atoms with Gasteiger partial charge in [0.2, 0.25) is 4.99 Å². The number of nitrogens with one attached hydrogen (secondary N) is 1. The van der Waals surface area contributed by atoms with Gasteiger partial charge < -0.3 is 5.32 Å². The van der Waals surface area contributed by atoms with E-state index in [1.165, 1.54) is 11.8 Å². The number of hydrogen-bond acceptors (Lipinski definition) is 4. The number of hydrogen-bond donors (Lipinski definition) is 2. The molecule has 0 aromatic rings. The second kappa shape index (κ2) is 1.69. The fourth-order valence-electron chi connectivity index (χ4n) is 0.392. The van der Waals surface area contributed by atoms with E-state index < -0.39 is 4.99 Å². The Morgan fingerprint density at radius 2 is 2.62 bits per heavy atom. The predicted octanol–water partition coefficient (Wildman–Crippen LogP) is -0.0699. The molecule has 1 heterocycles. The van der Waals surface area contributed by atoms with Crippen LogP contribution in [0, 0.1) is 11.3 Å². The molecule has 1 aliphatic rings. The third kappa shape index (κ3) is 0.782. The molecule has 3 nitrogen and oxygen atoms in total. The van der Waals surface area contributed by atoms with Gasteiger partial charge in [0.25, 0.3) is 0 Å². The molecule has 0 amide bonds. The van der Waals surface area contributed by atoms with Gasteiger partial charge in [-0.2, -0.15) is 5.26 Å². The van der Waals surface area contributed by atoms with E-state index in [9.17, 15) is 0 Å². The van der Waals surface area contributed by atoms with Crippen molar-refractivity contribution in [3.8, 4) is 6.07 Å². The van der Waals surface area contributed by atoms with Gasteiger partial charge in [0.05, 0.1) is 0 Å². The van der Waals surface area contributed by atoms with Gasteiger partial charge in [0.1, 0.15) is 6.07 Å². The monoisotopic (exact) mass is 127 g/mol. The second-order valence-electron chi connectivity index (χ2n) is 1.41. The van der Waals surface area contributed by atoms with Crippen LogP contribution in [0.2, 0.25) is 0 Å². The van der Waals surface area contributed by atoms with Gasteiger partial charge in [-0.15, -0.1) is 0 Å². The van der Waals surface area contributed by atoms with E-state index in [0.717, 1.165) is 0 Å². The molecule has 0 saturated heterocycles. The Balaban J connectivity index is 2.63. The van der Waals surface area contributed by atoms with Crippen LogP contribution < -0.4 is 11.1 Å². The molecule has 0 spiro atoms. The van der Waals surface area contributed by atoms with Gasteiger partial charge in [-0.05, 0) is 5.41 Å². The highest BCUT2D eigenvalue weighted by atomic mass is 32.2. The van der Waals surface area contributed by atoms with Crippen molar-refractivity contribution in [2.45, 2.75) is 4.99 Å². The molecule has 1 atom stereocenters. The average molecular weight is 127 g/mol. The van der Waals surface area contributed by atoms with Crippen molar-refractivity contribution in [1.29, 1.82) is 5.26 Å². The summed E-state index contributed by atoms with van der Waals surface area (Å²) in [5.74, 6) is 0. The topological polar surface area (TPSA) is 61.8 Å². The molecule has 42 valence electrons. The molecule has 4 heteroatoms. The Labute approximate surface area is 51.5 Å². The van der Waals surface area contributed by atoms with Crippen molar-refractivity contribution in [1.82, 2.24) is 5.32 Å². The molecular formula is C4H5N3S. The SMILES string of the molecule is N#CC1(N)NC=CS1. The summed E-state index contributed by atoms with van der Waals surface area (Å²) < 4.78 is 0. The van der Waals surface area contributed by atoms with E-state index in [1.807, 2.05) is 6.07 Å². The van der Waals surface area contributed by atoms with Gasteiger partial charge in [-0.25, -0.2) is 0 Å². The highest BCUT2D eigenvalue weighted by molar-refractivity contribution is 8.03. The fraction of sp³-hybridized carbons (Fsp3) is 0.250. The Morgan fingerprint density at radius 1 is 1.88 bits per heavy atom. The number of thioether (sulfide) groups is 1. The van der Waals surface area contributed by atoms with E-state index in [2.05, 4.69) is 5.32 Å². The molecule has 0 fully saturated rings. The number of nitrogens with two attached hydrogens (primary N) is 1. The minimum absolute atomic E-state index is 0.903. The molecular weight excluding hydrogens is 122 g/mol. The first-order valence-electron chi connectivity index (χ1n) is 2.07. The summed E-state index contributed by atoms with van der Waals surface area (Å²) in [6.07, 6.45) is 1.66. The van der Waals surface area contributed by atoms with Gasteiger partial charge in [-0.1, -0.05) is 11.8 Å². The summed E-state index contributed by atoms with van der Waals surface area (Å²) in [6, 6.07) is 1.91. The predicted molar refractivity (Wildman–Crippen MR) is 32.4 cm³/mol. The minimum Gasteiger partial charge on any atom is -0.353 e. The van der Waals surface area contributed by atoms with E-state index in [1.54, 1.807) is 11.6 Å². The molecule has 0 saturated carbocycles. The van der Waals surface area contributed by atoms with Crippen molar-refractivity contribution in [3.05, 3.63) is 11.6 Å². The lowest BCUT2D eigenvalue weighted by atomic mass is 10.6. The van der Waals surface area contributed by atoms with Crippen LogP contribution in [0.15, 0.2) is 11.6 Å². The van der Waals surface area contributed by atoms with E-state index in [0.29, 0.717) is 0 Å². The standard InChI is InChI=1S/C4H5N3S/c5-3-4(6)7-1-2-8-4/h1-2,7H,6H2. The quantitative estimate of drug-likeness (QED) is 0.478. The molecule has 0 aromatic heterocycles. The van der Waals surface area contributed by atoms with Gasteiger partial charge in [0.15, 0.2) is 0 Å². The number of rotatable bonds is 0. The molecule has 3 N–H and O–H groups in total. The Bertz CT molecular complexity index is 149. The summed E-state index contributed by atoms with van der Waals surface area (Å²) >= 11 is 1.27. The zero-order valence-electron chi connectivity index (χ0n) is 4.09. The molecule has 0 aliphatic carbocycles. The Kier molecular flexibility index (Phi) is 1.16. The maximum Gasteiger partial charge on any atom is 0.228 e. The van der Waals surface area contributed by atoms with Crippen LogP contribution in [0.4, 0.5) is 0 Å². The summed E-state index contributed by atoms with van der Waals surface area (Å²) in [5.41, 5.74) is 5.39. The normalized spacial score (nSPS) is 34.0. The maximum absolute atomic E-state index is 8.33. The summed E-state index contributed by atoms with van der Waals surface area (Å²) in [4.78, 5) is -0.903. The first-order chi connectivity index (χ1) is 3.77. The maximum atomic E-state index is 8.33. The van der Waals surface area contributed by atoms with Gasteiger partial charge >= 0.3 is 0 Å². The van der Waals surface area contributed by atoms with Crippen LogP contribution in [-0.4, -0.2) is 4.99 Å². The summed E-state index contributed by atoms with van der Waals surface area (Å²) in [6.45, 7) is 0. The van der Waals surface area contributed by atoms with Crippen LogP contribution >= 0.6 is 11.8 Å². The average Bonchev–Trinajstić information content (AvgIpc) is 2.17. The van der Waals surface area contributed by atoms with Crippen molar-refractivity contribution in [3.63, 3.8) is 0 Å². The molecule has 1 rings (SSSR count). The smallest absolute Gasteiger partial charge is 0.228 e. The zero-order chi connectivity index (χ0) is 6.04. The zero-order valence-corrected chi connectivity index (χ0v) is 4.90. The molecule has 0 aromatic carbocycles. The third-order valence-electron chi connectivity index (χ3n) is 0.786. The van der Waals surface area contributed by atoms with Crippen molar-refractivity contribution in [2.75, 3.05) is 0 Å². The molecule has 1 unspecified atom stereocenters. The lowest BCUT2D eigenvalue weighted by molar-refractivity contribution is 0.701. The summed E-state index contributed by atoms with van der Waals surface area (Å²) in [5, 5.41) is 12.8. The molecule has 0 radical (unpaired) electrons. The first kappa shape index (κ1) is 5.48. The van der Waals surface area contributed by atoms with Crippen molar-refractivity contribution in [2.24, 2.45) is 5.73 Å². The summed E-state index contributed by atoms with van der Waals surface area (Å²) in [7, 11) is 0. The lowest BCUT2D eigenvalue weighted by Gasteiger charge is -2.11. The van der Waals surface area contributed by atoms with Crippen molar-refractivity contribution < 1.29 is 0 Å². The molecule has 8 heavy (non-hydrogen) atoms. The third-order valence-corrected chi connectivity index (χ3v) is 1.64. The van der Waals surface area contributed by atoms with Gasteiger partial charge in [0, 0.05) is 6.20 Å². The Morgan fingerprint density at radius 3 is 2.88 bits per heavy atom. The van der Waals surface area contributed by atoms with Crippen LogP contribution in [0.1, 0.15) is 0 Å². The number of nitrogens with zero attached hydrogens (tertiary/aromatic N) is 1. The van der Waals surface area contributed by atoms with Gasteiger partial charge in [-0.3, -0.25) is 5.73 Å². The minimum atomic E-state index is -0.903. The van der Waals surface area contributed by atoms with E-state index >= 15 is 0 Å². The fourth-order valence-corrected chi connectivity index (χ4v) is 0.931. The van der Waals surface area contributed by atoms with E-state index in [-0.39, 0.29) is 0 Å². The highest BCUT2D eigenvalue weighted by Gasteiger charge is 2.24. The molecule has 0 bridgehead atoms.